The number of carbonyl (C=O) groups is 1. The number of fused-ring (bicyclic) bond motifs is 1. The average Bonchev–Trinajstić information content (AvgIpc) is 2.93. The van der Waals surface area contributed by atoms with Gasteiger partial charge in [-0.15, -0.1) is 0 Å². The highest BCUT2D eigenvalue weighted by molar-refractivity contribution is 5.95. The Morgan fingerprint density at radius 3 is 2.65 bits per heavy atom. The SMILES string of the molecule is COC(=O)c1nc(-c2cccnc2)n2ccc(C(F)(F)F)nc12. The van der Waals surface area contributed by atoms with E-state index in [4.69, 9.17) is 0 Å². The van der Waals surface area contributed by atoms with Crippen molar-refractivity contribution in [2.24, 2.45) is 0 Å². The highest BCUT2D eigenvalue weighted by atomic mass is 19.4. The van der Waals surface area contributed by atoms with Crippen molar-refractivity contribution < 1.29 is 22.7 Å². The summed E-state index contributed by atoms with van der Waals surface area (Å²) in [7, 11) is 1.12. The van der Waals surface area contributed by atoms with Crippen LogP contribution in [0.5, 0.6) is 0 Å². The van der Waals surface area contributed by atoms with E-state index in [-0.39, 0.29) is 17.2 Å². The van der Waals surface area contributed by atoms with Crippen molar-refractivity contribution in [1.29, 1.82) is 0 Å². The molecular weight excluding hydrogens is 313 g/mol. The monoisotopic (exact) mass is 322 g/mol. The zero-order chi connectivity index (χ0) is 16.6. The van der Waals surface area contributed by atoms with Gasteiger partial charge in [0.1, 0.15) is 11.5 Å². The maximum Gasteiger partial charge on any atom is 0.433 e. The van der Waals surface area contributed by atoms with E-state index in [1.807, 2.05) is 0 Å². The summed E-state index contributed by atoms with van der Waals surface area (Å²) in [5.41, 5.74) is -1.12. The van der Waals surface area contributed by atoms with Crippen LogP contribution in [-0.2, 0) is 10.9 Å². The molecule has 0 aromatic carbocycles. The molecule has 3 aromatic heterocycles. The fourth-order valence-corrected chi connectivity index (χ4v) is 2.06. The summed E-state index contributed by atoms with van der Waals surface area (Å²) in [5, 5.41) is 0. The minimum absolute atomic E-state index is 0.231. The van der Waals surface area contributed by atoms with Gasteiger partial charge in [-0.1, -0.05) is 0 Å². The fourth-order valence-electron chi connectivity index (χ4n) is 2.06. The van der Waals surface area contributed by atoms with Crippen molar-refractivity contribution in [3.63, 3.8) is 0 Å². The molecule has 0 unspecified atom stereocenters. The van der Waals surface area contributed by atoms with E-state index in [0.29, 0.717) is 5.56 Å². The van der Waals surface area contributed by atoms with Gasteiger partial charge in [-0.25, -0.2) is 14.8 Å². The van der Waals surface area contributed by atoms with Crippen LogP contribution in [0.1, 0.15) is 16.2 Å². The Kier molecular flexibility index (Phi) is 3.47. The molecule has 0 aliphatic carbocycles. The fraction of sp³-hybridized carbons (Fsp3) is 0.143. The first-order valence-electron chi connectivity index (χ1n) is 6.37. The number of hydrogen-bond acceptors (Lipinski definition) is 5. The van der Waals surface area contributed by atoms with Gasteiger partial charge in [-0.2, -0.15) is 13.2 Å². The van der Waals surface area contributed by atoms with Gasteiger partial charge in [0.15, 0.2) is 11.3 Å². The Morgan fingerprint density at radius 1 is 1.26 bits per heavy atom. The molecule has 0 amide bonds. The number of esters is 1. The van der Waals surface area contributed by atoms with Crippen molar-refractivity contribution in [1.82, 2.24) is 19.4 Å². The minimum atomic E-state index is -4.63. The smallest absolute Gasteiger partial charge is 0.433 e. The van der Waals surface area contributed by atoms with Crippen LogP contribution < -0.4 is 0 Å². The quantitative estimate of drug-likeness (QED) is 0.678. The van der Waals surface area contributed by atoms with Crippen LogP contribution in [0.25, 0.3) is 17.0 Å². The van der Waals surface area contributed by atoms with Gasteiger partial charge in [0.05, 0.1) is 7.11 Å². The minimum Gasteiger partial charge on any atom is -0.464 e. The number of alkyl halides is 3. The lowest BCUT2D eigenvalue weighted by molar-refractivity contribution is -0.141. The van der Waals surface area contributed by atoms with Crippen LogP contribution in [0.2, 0.25) is 0 Å². The lowest BCUT2D eigenvalue weighted by Gasteiger charge is -2.06. The molecule has 0 atom stereocenters. The lowest BCUT2D eigenvalue weighted by atomic mass is 10.3. The van der Waals surface area contributed by atoms with Crippen LogP contribution in [0.3, 0.4) is 0 Å². The van der Waals surface area contributed by atoms with Gasteiger partial charge < -0.3 is 4.74 Å². The van der Waals surface area contributed by atoms with Crippen molar-refractivity contribution in [2.75, 3.05) is 7.11 Å². The summed E-state index contributed by atoms with van der Waals surface area (Å²) < 4.78 is 44.4. The van der Waals surface area contributed by atoms with E-state index in [0.717, 1.165) is 19.4 Å². The Hall–Kier alpha value is -2.97. The molecule has 23 heavy (non-hydrogen) atoms. The molecule has 0 aliphatic heterocycles. The van der Waals surface area contributed by atoms with Gasteiger partial charge in [0.2, 0.25) is 0 Å². The average molecular weight is 322 g/mol. The van der Waals surface area contributed by atoms with E-state index in [2.05, 4.69) is 19.7 Å². The highest BCUT2D eigenvalue weighted by Crippen LogP contribution is 2.29. The maximum absolute atomic E-state index is 12.8. The van der Waals surface area contributed by atoms with Gasteiger partial charge >= 0.3 is 12.1 Å². The number of carbonyl (C=O) groups excluding carboxylic acids is 1. The van der Waals surface area contributed by atoms with E-state index < -0.39 is 17.8 Å². The number of halogens is 3. The zero-order valence-electron chi connectivity index (χ0n) is 11.7. The van der Waals surface area contributed by atoms with Gasteiger partial charge in [-0.05, 0) is 18.2 Å². The second-order valence-corrected chi connectivity index (χ2v) is 4.52. The lowest BCUT2D eigenvalue weighted by Crippen LogP contribution is -2.10. The standard InChI is InChI=1S/C14H9F3N4O2/c1-23-13(22)10-12-19-9(14(15,16)17)4-6-21(12)11(20-10)8-3-2-5-18-7-8/h2-7H,1H3. The summed E-state index contributed by atoms with van der Waals surface area (Å²) in [6.07, 6.45) is -0.450. The summed E-state index contributed by atoms with van der Waals surface area (Å²) in [4.78, 5) is 23.3. The number of hydrogen-bond donors (Lipinski definition) is 0. The third-order valence-corrected chi connectivity index (χ3v) is 3.08. The van der Waals surface area contributed by atoms with E-state index in [9.17, 15) is 18.0 Å². The number of pyridine rings is 1. The van der Waals surface area contributed by atoms with Crippen molar-refractivity contribution in [2.45, 2.75) is 6.18 Å². The van der Waals surface area contributed by atoms with Crippen LogP contribution in [-0.4, -0.2) is 32.4 Å². The first-order valence-corrected chi connectivity index (χ1v) is 6.37. The Balaban J connectivity index is 2.30. The third kappa shape index (κ3) is 2.60. The molecule has 0 saturated heterocycles. The van der Waals surface area contributed by atoms with Crippen LogP contribution in [0.15, 0.2) is 36.8 Å². The molecule has 3 rings (SSSR count). The number of rotatable bonds is 2. The van der Waals surface area contributed by atoms with Crippen molar-refractivity contribution in [3.05, 3.63) is 48.2 Å². The number of methoxy groups -OCH3 is 1. The number of imidazole rings is 1. The maximum atomic E-state index is 12.8. The van der Waals surface area contributed by atoms with Crippen LogP contribution in [0, 0.1) is 0 Å². The number of nitrogens with zero attached hydrogens (tertiary/aromatic N) is 4. The summed E-state index contributed by atoms with van der Waals surface area (Å²) in [5.74, 6) is -0.626. The van der Waals surface area contributed by atoms with Crippen LogP contribution in [0.4, 0.5) is 13.2 Å². The van der Waals surface area contributed by atoms with Crippen molar-refractivity contribution >= 4 is 11.6 Å². The molecule has 118 valence electrons. The molecule has 0 spiro atoms. The van der Waals surface area contributed by atoms with Crippen LogP contribution >= 0.6 is 0 Å². The van der Waals surface area contributed by atoms with Gasteiger partial charge in [-0.3, -0.25) is 9.38 Å². The third-order valence-electron chi connectivity index (χ3n) is 3.08. The molecule has 0 N–H and O–H groups in total. The highest BCUT2D eigenvalue weighted by Gasteiger charge is 2.34. The first kappa shape index (κ1) is 14.9. The Labute approximate surface area is 127 Å². The number of ether oxygens (including phenoxy) is 1. The van der Waals surface area contributed by atoms with Gasteiger partial charge in [0, 0.05) is 24.2 Å². The largest absolute Gasteiger partial charge is 0.464 e. The zero-order valence-corrected chi connectivity index (χ0v) is 11.7. The van der Waals surface area contributed by atoms with E-state index in [1.165, 1.54) is 10.6 Å². The van der Waals surface area contributed by atoms with Gasteiger partial charge in [0.25, 0.3) is 0 Å². The summed E-state index contributed by atoms with van der Waals surface area (Å²) in [6, 6.07) is 4.13. The molecule has 0 radical (unpaired) electrons. The predicted molar refractivity (Wildman–Crippen MR) is 72.6 cm³/mol. The molecular formula is C14H9F3N4O2. The Morgan fingerprint density at radius 2 is 2.04 bits per heavy atom. The molecule has 0 fully saturated rings. The number of aromatic nitrogens is 4. The molecule has 9 heteroatoms. The topological polar surface area (TPSA) is 69.4 Å². The normalized spacial score (nSPS) is 11.7. The molecule has 3 heterocycles. The van der Waals surface area contributed by atoms with E-state index >= 15 is 0 Å². The molecule has 0 aliphatic rings. The summed E-state index contributed by atoms with van der Waals surface area (Å²) in [6.45, 7) is 0. The molecule has 0 bridgehead atoms. The first-order chi connectivity index (χ1) is 10.9. The van der Waals surface area contributed by atoms with Crippen molar-refractivity contribution in [3.8, 4) is 11.4 Å². The Bertz CT molecular complexity index is 875. The molecule has 3 aromatic rings. The van der Waals surface area contributed by atoms with E-state index in [1.54, 1.807) is 18.3 Å². The second-order valence-electron chi connectivity index (χ2n) is 4.52. The summed E-state index contributed by atoms with van der Waals surface area (Å²) >= 11 is 0. The molecule has 0 saturated carbocycles. The molecule has 6 nitrogen and oxygen atoms in total. The predicted octanol–water partition coefficient (Wildman–Crippen LogP) is 2.60. The second kappa shape index (κ2) is 5.34.